The van der Waals surface area contributed by atoms with Crippen molar-refractivity contribution in [1.29, 1.82) is 0 Å². The monoisotopic (exact) mass is 232 g/mol. The maximum Gasteiger partial charge on any atom is 0.185 e. The van der Waals surface area contributed by atoms with Gasteiger partial charge in [-0.25, -0.2) is 9.97 Å². The molecule has 0 atom stereocenters. The predicted octanol–water partition coefficient (Wildman–Crippen LogP) is 2.56. The van der Waals surface area contributed by atoms with Gasteiger partial charge in [-0.1, -0.05) is 23.7 Å². The summed E-state index contributed by atoms with van der Waals surface area (Å²) in [6.07, 6.45) is 3.26. The van der Waals surface area contributed by atoms with E-state index in [2.05, 4.69) is 9.97 Å². The van der Waals surface area contributed by atoms with Crippen LogP contribution in [0.15, 0.2) is 42.9 Å². The average molecular weight is 233 g/mol. The van der Waals surface area contributed by atoms with Crippen molar-refractivity contribution in [3.8, 4) is 0 Å². The highest BCUT2D eigenvalue weighted by molar-refractivity contribution is 6.30. The first kappa shape index (κ1) is 10.8. The van der Waals surface area contributed by atoms with Crippen LogP contribution >= 0.6 is 11.6 Å². The van der Waals surface area contributed by atoms with Crippen LogP contribution in [0.5, 0.6) is 0 Å². The number of nitrogens with zero attached hydrogens (tertiary/aromatic N) is 2. The minimum atomic E-state index is -0.0234. The highest BCUT2D eigenvalue weighted by Gasteiger charge is 2.07. The lowest BCUT2D eigenvalue weighted by atomic mass is 10.1. The van der Waals surface area contributed by atoms with Gasteiger partial charge >= 0.3 is 0 Å². The fourth-order valence-corrected chi connectivity index (χ4v) is 1.46. The zero-order valence-electron chi connectivity index (χ0n) is 8.43. The molecule has 0 saturated carbocycles. The van der Waals surface area contributed by atoms with Crippen LogP contribution in [0.1, 0.15) is 16.1 Å². The fraction of sp³-hybridized carbons (Fsp3) is 0.0833. The van der Waals surface area contributed by atoms with Gasteiger partial charge < -0.3 is 0 Å². The third kappa shape index (κ3) is 2.64. The van der Waals surface area contributed by atoms with Crippen molar-refractivity contribution in [3.63, 3.8) is 0 Å². The first-order chi connectivity index (χ1) is 7.75. The molecule has 80 valence electrons. The standard InChI is InChI=1S/C12H9ClN2O/c13-10-3-1-9(2-4-10)7-12(16)11-5-6-14-8-15-11/h1-6,8H,7H2. The highest BCUT2D eigenvalue weighted by Crippen LogP contribution is 2.11. The van der Waals surface area contributed by atoms with Crippen molar-refractivity contribution < 1.29 is 4.79 Å². The van der Waals surface area contributed by atoms with Gasteiger partial charge in [0, 0.05) is 17.6 Å². The third-order valence-electron chi connectivity index (χ3n) is 2.15. The van der Waals surface area contributed by atoms with Gasteiger partial charge in [-0.15, -0.1) is 0 Å². The molecule has 0 unspecified atom stereocenters. The largest absolute Gasteiger partial charge is 0.292 e. The Morgan fingerprint density at radius 1 is 1.19 bits per heavy atom. The maximum absolute atomic E-state index is 11.8. The van der Waals surface area contributed by atoms with E-state index in [4.69, 9.17) is 11.6 Å². The van der Waals surface area contributed by atoms with Gasteiger partial charge in [0.05, 0.1) is 0 Å². The molecule has 3 nitrogen and oxygen atoms in total. The Morgan fingerprint density at radius 2 is 1.94 bits per heavy atom. The van der Waals surface area contributed by atoms with E-state index in [0.29, 0.717) is 17.1 Å². The number of carbonyl (C=O) groups excluding carboxylic acids is 1. The Hall–Kier alpha value is -1.74. The quantitative estimate of drug-likeness (QED) is 0.764. The van der Waals surface area contributed by atoms with Crippen molar-refractivity contribution in [1.82, 2.24) is 9.97 Å². The van der Waals surface area contributed by atoms with Gasteiger partial charge in [0.2, 0.25) is 0 Å². The van der Waals surface area contributed by atoms with Crippen LogP contribution < -0.4 is 0 Å². The molecule has 0 fully saturated rings. The number of ketones is 1. The lowest BCUT2D eigenvalue weighted by Gasteiger charge is -2.00. The number of aromatic nitrogens is 2. The van der Waals surface area contributed by atoms with Gasteiger partial charge in [0.1, 0.15) is 12.0 Å². The molecular weight excluding hydrogens is 224 g/mol. The first-order valence-electron chi connectivity index (χ1n) is 4.79. The number of hydrogen-bond donors (Lipinski definition) is 0. The lowest BCUT2D eigenvalue weighted by Crippen LogP contribution is -2.05. The van der Waals surface area contributed by atoms with Crippen LogP contribution in [0.4, 0.5) is 0 Å². The van der Waals surface area contributed by atoms with E-state index in [1.165, 1.54) is 6.33 Å². The van der Waals surface area contributed by atoms with Crippen LogP contribution in [0.3, 0.4) is 0 Å². The van der Waals surface area contributed by atoms with E-state index in [9.17, 15) is 4.79 Å². The summed E-state index contributed by atoms with van der Waals surface area (Å²) in [7, 11) is 0. The topological polar surface area (TPSA) is 42.9 Å². The number of rotatable bonds is 3. The second-order valence-electron chi connectivity index (χ2n) is 3.32. The van der Waals surface area contributed by atoms with Crippen molar-refractivity contribution in [2.24, 2.45) is 0 Å². The number of carbonyl (C=O) groups is 1. The van der Waals surface area contributed by atoms with Crippen LogP contribution in [0, 0.1) is 0 Å². The molecule has 0 spiro atoms. The SMILES string of the molecule is O=C(Cc1ccc(Cl)cc1)c1ccncn1. The van der Waals surface area contributed by atoms with Crippen LogP contribution in [-0.4, -0.2) is 15.8 Å². The molecule has 0 aliphatic rings. The summed E-state index contributed by atoms with van der Waals surface area (Å²) in [6.45, 7) is 0. The minimum Gasteiger partial charge on any atom is -0.292 e. The molecule has 0 aliphatic carbocycles. The zero-order valence-corrected chi connectivity index (χ0v) is 9.19. The molecule has 1 aromatic carbocycles. The molecule has 2 rings (SSSR count). The lowest BCUT2D eigenvalue weighted by molar-refractivity contribution is 0.0988. The number of halogens is 1. The summed E-state index contributed by atoms with van der Waals surface area (Å²) in [5, 5.41) is 0.665. The Morgan fingerprint density at radius 3 is 2.56 bits per heavy atom. The molecule has 1 aromatic heterocycles. The molecule has 0 radical (unpaired) electrons. The van der Waals surface area contributed by atoms with Gasteiger partial charge in [-0.05, 0) is 23.8 Å². The molecule has 0 aliphatic heterocycles. The van der Waals surface area contributed by atoms with E-state index in [1.54, 1.807) is 24.4 Å². The predicted molar refractivity (Wildman–Crippen MR) is 61.5 cm³/mol. The molecule has 0 bridgehead atoms. The van der Waals surface area contributed by atoms with E-state index in [1.807, 2.05) is 12.1 Å². The second kappa shape index (κ2) is 4.86. The first-order valence-corrected chi connectivity index (χ1v) is 5.17. The van der Waals surface area contributed by atoms with Crippen molar-refractivity contribution in [3.05, 3.63) is 59.1 Å². The van der Waals surface area contributed by atoms with Gasteiger partial charge in [-0.2, -0.15) is 0 Å². The number of benzene rings is 1. The Labute approximate surface area is 98.1 Å². The van der Waals surface area contributed by atoms with Gasteiger partial charge in [-0.3, -0.25) is 4.79 Å². The summed E-state index contributed by atoms with van der Waals surface area (Å²) in [4.78, 5) is 19.4. The highest BCUT2D eigenvalue weighted by atomic mass is 35.5. The van der Waals surface area contributed by atoms with Crippen molar-refractivity contribution >= 4 is 17.4 Å². The Bertz CT molecular complexity index is 482. The minimum absolute atomic E-state index is 0.0234. The maximum atomic E-state index is 11.8. The Kier molecular flexibility index (Phi) is 3.27. The third-order valence-corrected chi connectivity index (χ3v) is 2.40. The van der Waals surface area contributed by atoms with Crippen molar-refractivity contribution in [2.45, 2.75) is 6.42 Å². The molecule has 4 heteroatoms. The van der Waals surface area contributed by atoms with Crippen LogP contribution in [0.25, 0.3) is 0 Å². The smallest absolute Gasteiger partial charge is 0.185 e. The number of hydrogen-bond acceptors (Lipinski definition) is 3. The molecule has 0 amide bonds. The summed E-state index contributed by atoms with van der Waals surface area (Å²) in [6, 6.07) is 8.81. The number of Topliss-reactive ketones (excluding diaryl/α,β-unsaturated/α-hetero) is 1. The van der Waals surface area contributed by atoms with E-state index in [-0.39, 0.29) is 5.78 Å². The molecule has 0 N–H and O–H groups in total. The average Bonchev–Trinajstić information content (AvgIpc) is 2.33. The molecule has 16 heavy (non-hydrogen) atoms. The van der Waals surface area contributed by atoms with Gasteiger partial charge in [0.15, 0.2) is 5.78 Å². The van der Waals surface area contributed by atoms with E-state index in [0.717, 1.165) is 5.56 Å². The zero-order chi connectivity index (χ0) is 11.4. The van der Waals surface area contributed by atoms with Crippen LogP contribution in [-0.2, 0) is 6.42 Å². The van der Waals surface area contributed by atoms with E-state index < -0.39 is 0 Å². The molecular formula is C12H9ClN2O. The van der Waals surface area contributed by atoms with Crippen LogP contribution in [0.2, 0.25) is 5.02 Å². The summed E-state index contributed by atoms with van der Waals surface area (Å²) in [5.41, 5.74) is 1.36. The van der Waals surface area contributed by atoms with Gasteiger partial charge in [0.25, 0.3) is 0 Å². The summed E-state index contributed by atoms with van der Waals surface area (Å²) >= 11 is 5.76. The molecule has 1 heterocycles. The summed E-state index contributed by atoms with van der Waals surface area (Å²) < 4.78 is 0. The van der Waals surface area contributed by atoms with E-state index >= 15 is 0 Å². The van der Waals surface area contributed by atoms with Crippen molar-refractivity contribution in [2.75, 3.05) is 0 Å². The summed E-state index contributed by atoms with van der Waals surface area (Å²) in [5.74, 6) is -0.0234. The molecule has 2 aromatic rings. The fourth-order valence-electron chi connectivity index (χ4n) is 1.33. The normalized spacial score (nSPS) is 10.1. The molecule has 0 saturated heterocycles. The second-order valence-corrected chi connectivity index (χ2v) is 3.76. The Balaban J connectivity index is 2.11.